The summed E-state index contributed by atoms with van der Waals surface area (Å²) in [6.07, 6.45) is 6.06. The molecule has 0 saturated heterocycles. The number of hydrogen-bond donors (Lipinski definition) is 2. The Hall–Kier alpha value is -4.58. The summed E-state index contributed by atoms with van der Waals surface area (Å²) in [4.78, 5) is 16.6. The number of fused-ring (bicyclic) bond motifs is 8. The number of H-pyrrole nitrogens is 2. The van der Waals surface area contributed by atoms with Crippen LogP contribution < -0.4 is 9.47 Å². The Kier molecular flexibility index (Phi) is 4.77. The van der Waals surface area contributed by atoms with Crippen molar-refractivity contribution in [3.63, 3.8) is 0 Å². The van der Waals surface area contributed by atoms with Crippen molar-refractivity contribution in [3.05, 3.63) is 95.1 Å². The molecule has 2 aliphatic rings. The van der Waals surface area contributed by atoms with Crippen molar-refractivity contribution in [3.8, 4) is 11.5 Å². The predicted molar refractivity (Wildman–Crippen MR) is 136 cm³/mol. The fourth-order valence-corrected chi connectivity index (χ4v) is 4.33. The van der Waals surface area contributed by atoms with Crippen molar-refractivity contribution < 1.29 is 9.47 Å². The number of aromatic nitrogens is 4. The van der Waals surface area contributed by atoms with Gasteiger partial charge < -0.3 is 19.4 Å². The number of nitrogens with zero attached hydrogens (tertiary/aromatic N) is 2. The van der Waals surface area contributed by atoms with Crippen LogP contribution in [0.1, 0.15) is 28.3 Å². The molecule has 0 unspecified atom stereocenters. The molecule has 2 N–H and O–H groups in total. The Labute approximate surface area is 196 Å². The molecule has 0 fully saturated rings. The molecule has 34 heavy (non-hydrogen) atoms. The minimum absolute atomic E-state index is 0.724. The zero-order chi connectivity index (χ0) is 23.1. The molecular weight excluding hydrogens is 424 g/mol. The SMILES string of the molecule is COc1cccc(OC)c1C1=Cc2cc3ccc(cc4ccc(cc5nc(cc1n2)C=C5)[nH]4)[nH]3. The van der Waals surface area contributed by atoms with Gasteiger partial charge in [-0.05, 0) is 78.9 Å². The zero-order valence-corrected chi connectivity index (χ0v) is 18.8. The molecule has 1 aromatic carbocycles. The monoisotopic (exact) mass is 446 g/mol. The van der Waals surface area contributed by atoms with E-state index in [2.05, 4.69) is 40.3 Å². The molecule has 0 atom stereocenters. The largest absolute Gasteiger partial charge is 0.496 e. The summed E-state index contributed by atoms with van der Waals surface area (Å²) in [5, 5.41) is 0. The Morgan fingerprint density at radius 1 is 0.618 bits per heavy atom. The van der Waals surface area contributed by atoms with Gasteiger partial charge in [-0.15, -0.1) is 0 Å². The van der Waals surface area contributed by atoms with Gasteiger partial charge in [0.1, 0.15) is 11.5 Å². The number of aromatic amines is 2. The average Bonchev–Trinajstić information content (AvgIpc) is 3.64. The highest BCUT2D eigenvalue weighted by atomic mass is 16.5. The maximum atomic E-state index is 5.68. The van der Waals surface area contributed by atoms with Crippen LogP contribution >= 0.6 is 0 Å². The number of benzene rings is 1. The number of nitrogens with one attached hydrogen (secondary N) is 2. The van der Waals surface area contributed by atoms with E-state index in [1.807, 2.05) is 54.6 Å². The van der Waals surface area contributed by atoms with Crippen LogP contribution in [0.25, 0.3) is 45.9 Å². The molecule has 0 spiro atoms. The maximum absolute atomic E-state index is 5.68. The van der Waals surface area contributed by atoms with E-state index in [0.29, 0.717) is 0 Å². The third-order valence-corrected chi connectivity index (χ3v) is 5.86. The average molecular weight is 447 g/mol. The number of methoxy groups -OCH3 is 2. The second-order valence-corrected chi connectivity index (χ2v) is 8.13. The Morgan fingerprint density at radius 3 is 1.79 bits per heavy atom. The van der Waals surface area contributed by atoms with Gasteiger partial charge in [-0.2, -0.15) is 0 Å². The van der Waals surface area contributed by atoms with Gasteiger partial charge in [0.2, 0.25) is 0 Å². The minimum Gasteiger partial charge on any atom is -0.496 e. The molecule has 3 aromatic heterocycles. The van der Waals surface area contributed by atoms with Crippen LogP contribution in [0, 0.1) is 0 Å². The Morgan fingerprint density at radius 2 is 1.18 bits per heavy atom. The lowest BCUT2D eigenvalue weighted by Crippen LogP contribution is -1.96. The second kappa shape index (κ2) is 8.08. The molecule has 6 rings (SSSR count). The summed E-state index contributed by atoms with van der Waals surface area (Å²) >= 11 is 0. The van der Waals surface area contributed by atoms with Crippen molar-refractivity contribution in [1.82, 2.24) is 19.9 Å². The third-order valence-electron chi connectivity index (χ3n) is 5.86. The highest BCUT2D eigenvalue weighted by molar-refractivity contribution is 5.97. The molecule has 0 radical (unpaired) electrons. The van der Waals surface area contributed by atoms with Crippen LogP contribution in [0.2, 0.25) is 0 Å². The molecule has 0 amide bonds. The van der Waals surface area contributed by atoms with Crippen molar-refractivity contribution in [1.29, 1.82) is 0 Å². The molecular formula is C28H22N4O2. The van der Waals surface area contributed by atoms with E-state index in [-0.39, 0.29) is 0 Å². The van der Waals surface area contributed by atoms with Gasteiger partial charge in [0.15, 0.2) is 0 Å². The van der Waals surface area contributed by atoms with E-state index in [0.717, 1.165) is 67.5 Å². The standard InChI is InChI=1S/C28H22N4O2/c1-33-26-4-3-5-27(34-2)28(26)24-15-23-14-21-9-8-19(30-21)12-17-6-7-18(29-17)13-20-10-11-22(31-20)16-25(24)32-23/h3-16,29-30H,1-2H3. The molecule has 0 saturated carbocycles. The van der Waals surface area contributed by atoms with Gasteiger partial charge in [0, 0.05) is 27.6 Å². The number of ether oxygens (including phenoxy) is 2. The number of hydrogen-bond acceptors (Lipinski definition) is 4. The first kappa shape index (κ1) is 20.1. The first-order valence-electron chi connectivity index (χ1n) is 11.0. The number of rotatable bonds is 3. The van der Waals surface area contributed by atoms with Crippen molar-refractivity contribution >= 4 is 45.9 Å². The first-order chi connectivity index (χ1) is 16.7. The molecule has 5 heterocycles. The Bertz CT molecular complexity index is 1620. The summed E-state index contributed by atoms with van der Waals surface area (Å²) in [6, 6.07) is 22.1. The van der Waals surface area contributed by atoms with Crippen molar-refractivity contribution in [2.75, 3.05) is 14.2 Å². The second-order valence-electron chi connectivity index (χ2n) is 8.13. The summed E-state index contributed by atoms with van der Waals surface area (Å²) in [5.74, 6) is 1.45. The molecule has 2 aliphatic heterocycles. The van der Waals surface area contributed by atoms with Crippen LogP contribution in [0.5, 0.6) is 11.5 Å². The fourth-order valence-electron chi connectivity index (χ4n) is 4.33. The highest BCUT2D eigenvalue weighted by Gasteiger charge is 2.21. The smallest absolute Gasteiger partial charge is 0.130 e. The zero-order valence-electron chi connectivity index (χ0n) is 18.8. The summed E-state index contributed by atoms with van der Waals surface area (Å²) in [7, 11) is 3.33. The minimum atomic E-state index is 0.724. The van der Waals surface area contributed by atoms with Crippen LogP contribution in [-0.4, -0.2) is 34.2 Å². The van der Waals surface area contributed by atoms with Crippen LogP contribution in [-0.2, 0) is 0 Å². The molecule has 0 aliphatic carbocycles. The molecule has 6 nitrogen and oxygen atoms in total. The van der Waals surface area contributed by atoms with Gasteiger partial charge >= 0.3 is 0 Å². The normalized spacial score (nSPS) is 12.5. The van der Waals surface area contributed by atoms with E-state index in [1.165, 1.54) is 0 Å². The van der Waals surface area contributed by atoms with Crippen molar-refractivity contribution in [2.45, 2.75) is 0 Å². The van der Waals surface area contributed by atoms with Crippen LogP contribution in [0.4, 0.5) is 0 Å². The lowest BCUT2D eigenvalue weighted by Gasteiger charge is -2.13. The summed E-state index contributed by atoms with van der Waals surface area (Å²) in [5.41, 5.74) is 9.10. The highest BCUT2D eigenvalue weighted by Crippen LogP contribution is 2.40. The van der Waals surface area contributed by atoms with Crippen LogP contribution in [0.3, 0.4) is 0 Å². The van der Waals surface area contributed by atoms with Crippen LogP contribution in [0.15, 0.2) is 66.7 Å². The van der Waals surface area contributed by atoms with E-state index < -0.39 is 0 Å². The lowest BCUT2D eigenvalue weighted by molar-refractivity contribution is 0.392. The summed E-state index contributed by atoms with van der Waals surface area (Å²) in [6.45, 7) is 0. The summed E-state index contributed by atoms with van der Waals surface area (Å²) < 4.78 is 11.4. The van der Waals surface area contributed by atoms with Gasteiger partial charge in [-0.25, -0.2) is 9.97 Å². The Balaban J connectivity index is 1.66. The van der Waals surface area contributed by atoms with E-state index in [1.54, 1.807) is 14.2 Å². The maximum Gasteiger partial charge on any atom is 0.130 e. The molecule has 4 aromatic rings. The van der Waals surface area contributed by atoms with Gasteiger partial charge in [-0.1, -0.05) is 6.07 Å². The first-order valence-corrected chi connectivity index (χ1v) is 11.0. The molecule has 6 heteroatoms. The van der Waals surface area contributed by atoms with Gasteiger partial charge in [0.25, 0.3) is 0 Å². The third kappa shape index (κ3) is 3.65. The molecule has 8 bridgehead atoms. The predicted octanol–water partition coefficient (Wildman–Crippen LogP) is 6.09. The van der Waals surface area contributed by atoms with Crippen molar-refractivity contribution in [2.24, 2.45) is 0 Å². The quantitative estimate of drug-likeness (QED) is 0.345. The van der Waals surface area contributed by atoms with E-state index in [4.69, 9.17) is 19.4 Å². The topological polar surface area (TPSA) is 75.8 Å². The van der Waals surface area contributed by atoms with Gasteiger partial charge in [0.05, 0.1) is 42.6 Å². The fraction of sp³-hybridized carbons (Fsp3) is 0.0714. The van der Waals surface area contributed by atoms with E-state index >= 15 is 0 Å². The molecule has 166 valence electrons. The van der Waals surface area contributed by atoms with Gasteiger partial charge in [-0.3, -0.25) is 0 Å². The lowest BCUT2D eigenvalue weighted by atomic mass is 10.0. The van der Waals surface area contributed by atoms with E-state index in [9.17, 15) is 0 Å².